The molecule has 19 heavy (non-hydrogen) atoms. The Morgan fingerprint density at radius 3 is 2.47 bits per heavy atom. The molecule has 0 aromatic rings. The van der Waals surface area contributed by atoms with Gasteiger partial charge in [-0.1, -0.05) is 32.8 Å². The lowest BCUT2D eigenvalue weighted by molar-refractivity contribution is -0.120. The van der Waals surface area contributed by atoms with Crippen molar-refractivity contribution < 1.29 is 4.79 Å². The average molecular weight is 267 g/mol. The molecule has 4 heteroatoms. The van der Waals surface area contributed by atoms with Crippen LogP contribution in [-0.4, -0.2) is 38.1 Å². The van der Waals surface area contributed by atoms with Gasteiger partial charge >= 0.3 is 0 Å². The van der Waals surface area contributed by atoms with Gasteiger partial charge in [0, 0.05) is 12.6 Å². The molecule has 0 aromatic heterocycles. The van der Waals surface area contributed by atoms with Crippen molar-refractivity contribution in [1.29, 1.82) is 0 Å². The second kappa shape index (κ2) is 7.65. The number of likely N-dealkylation sites (N-methyl/N-ethyl adjacent to an activating group) is 1. The van der Waals surface area contributed by atoms with E-state index in [4.69, 9.17) is 0 Å². The minimum Gasteiger partial charge on any atom is -0.348 e. The van der Waals surface area contributed by atoms with Crippen LogP contribution < -0.4 is 16.0 Å². The summed E-state index contributed by atoms with van der Waals surface area (Å²) in [5.74, 6) is 0.480. The largest absolute Gasteiger partial charge is 0.348 e. The van der Waals surface area contributed by atoms with Gasteiger partial charge < -0.3 is 16.0 Å². The molecule has 2 atom stereocenters. The van der Waals surface area contributed by atoms with Crippen LogP contribution in [-0.2, 0) is 4.79 Å². The SMILES string of the molecule is CCC/C(C)=C(\C1CN1)C(NC(=O)CNC)C(C)C. The summed E-state index contributed by atoms with van der Waals surface area (Å²) in [4.78, 5) is 11.9. The van der Waals surface area contributed by atoms with Gasteiger partial charge in [0.05, 0.1) is 12.6 Å². The molecule has 1 saturated heterocycles. The van der Waals surface area contributed by atoms with E-state index in [1.165, 1.54) is 11.1 Å². The third-order valence-corrected chi connectivity index (χ3v) is 3.56. The van der Waals surface area contributed by atoms with Crippen LogP contribution >= 0.6 is 0 Å². The lowest BCUT2D eigenvalue weighted by atomic mass is 9.88. The Bertz CT molecular complexity index is 332. The van der Waals surface area contributed by atoms with E-state index in [-0.39, 0.29) is 11.9 Å². The fraction of sp³-hybridized carbons (Fsp3) is 0.800. The van der Waals surface area contributed by atoms with Crippen LogP contribution in [0.2, 0.25) is 0 Å². The molecule has 0 spiro atoms. The molecular weight excluding hydrogens is 238 g/mol. The van der Waals surface area contributed by atoms with Crippen molar-refractivity contribution in [1.82, 2.24) is 16.0 Å². The molecule has 4 nitrogen and oxygen atoms in total. The average Bonchev–Trinajstić information content (AvgIpc) is 3.13. The molecule has 1 heterocycles. The van der Waals surface area contributed by atoms with E-state index in [1.807, 2.05) is 0 Å². The molecule has 3 N–H and O–H groups in total. The molecule has 0 aromatic carbocycles. The van der Waals surface area contributed by atoms with Gasteiger partial charge in [-0.05, 0) is 31.9 Å². The molecule has 0 saturated carbocycles. The molecule has 1 aliphatic rings. The van der Waals surface area contributed by atoms with Crippen LogP contribution in [0.15, 0.2) is 11.1 Å². The van der Waals surface area contributed by atoms with E-state index in [0.29, 0.717) is 18.5 Å². The maximum atomic E-state index is 11.9. The van der Waals surface area contributed by atoms with Gasteiger partial charge in [-0.15, -0.1) is 0 Å². The van der Waals surface area contributed by atoms with Crippen LogP contribution in [0.5, 0.6) is 0 Å². The van der Waals surface area contributed by atoms with Crippen LogP contribution in [0.1, 0.15) is 40.5 Å². The summed E-state index contributed by atoms with van der Waals surface area (Å²) in [6.07, 6.45) is 2.26. The van der Waals surface area contributed by atoms with Gasteiger partial charge in [0.2, 0.25) is 5.91 Å². The number of hydrogen-bond donors (Lipinski definition) is 3. The van der Waals surface area contributed by atoms with Crippen molar-refractivity contribution in [2.45, 2.75) is 52.6 Å². The zero-order valence-electron chi connectivity index (χ0n) is 13.0. The van der Waals surface area contributed by atoms with Crippen molar-refractivity contribution in [3.63, 3.8) is 0 Å². The summed E-state index contributed by atoms with van der Waals surface area (Å²) < 4.78 is 0. The second-order valence-corrected chi connectivity index (χ2v) is 5.77. The molecule has 1 amide bonds. The Hall–Kier alpha value is -0.870. The fourth-order valence-electron chi connectivity index (χ4n) is 2.57. The summed E-state index contributed by atoms with van der Waals surface area (Å²) in [6.45, 7) is 10.2. The zero-order valence-corrected chi connectivity index (χ0v) is 13.0. The van der Waals surface area contributed by atoms with Crippen molar-refractivity contribution >= 4 is 5.91 Å². The van der Waals surface area contributed by atoms with E-state index in [2.05, 4.69) is 43.6 Å². The molecule has 0 radical (unpaired) electrons. The monoisotopic (exact) mass is 267 g/mol. The predicted molar refractivity (Wildman–Crippen MR) is 80.1 cm³/mol. The van der Waals surface area contributed by atoms with Crippen molar-refractivity contribution in [3.8, 4) is 0 Å². The highest BCUT2D eigenvalue weighted by Crippen LogP contribution is 2.26. The van der Waals surface area contributed by atoms with Gasteiger partial charge in [-0.25, -0.2) is 0 Å². The number of nitrogens with one attached hydrogen (secondary N) is 3. The molecule has 110 valence electrons. The lowest BCUT2D eigenvalue weighted by Gasteiger charge is -2.27. The number of amides is 1. The van der Waals surface area contributed by atoms with Crippen LogP contribution in [0, 0.1) is 5.92 Å². The first kappa shape index (κ1) is 16.2. The first-order valence-electron chi connectivity index (χ1n) is 7.38. The van der Waals surface area contributed by atoms with E-state index in [0.717, 1.165) is 19.4 Å². The molecular formula is C15H29N3O. The molecule has 2 unspecified atom stereocenters. The van der Waals surface area contributed by atoms with Gasteiger partial charge in [0.1, 0.15) is 0 Å². The maximum absolute atomic E-state index is 11.9. The van der Waals surface area contributed by atoms with E-state index in [1.54, 1.807) is 7.05 Å². The summed E-state index contributed by atoms with van der Waals surface area (Å²) >= 11 is 0. The standard InChI is InChI=1S/C15H29N3O/c1-6-7-11(4)14(12-8-17-12)15(10(2)3)18-13(19)9-16-5/h10,12,15-17H,6-9H2,1-5H3,(H,18,19)/b14-11+. The summed E-state index contributed by atoms with van der Waals surface area (Å²) in [7, 11) is 1.80. The summed E-state index contributed by atoms with van der Waals surface area (Å²) in [6, 6.07) is 0.612. The first-order valence-corrected chi connectivity index (χ1v) is 7.38. The zero-order chi connectivity index (χ0) is 14.4. The van der Waals surface area contributed by atoms with E-state index >= 15 is 0 Å². The van der Waals surface area contributed by atoms with Gasteiger partial charge in [-0.2, -0.15) is 0 Å². The number of allylic oxidation sites excluding steroid dienone is 1. The lowest BCUT2D eigenvalue weighted by Crippen LogP contribution is -2.45. The minimum atomic E-state index is 0.0728. The van der Waals surface area contributed by atoms with Crippen molar-refractivity contribution in [3.05, 3.63) is 11.1 Å². The topological polar surface area (TPSA) is 63.1 Å². The highest BCUT2D eigenvalue weighted by Gasteiger charge is 2.33. The molecule has 1 aliphatic heterocycles. The Labute approximate surface area is 117 Å². The number of hydrogen-bond acceptors (Lipinski definition) is 3. The smallest absolute Gasteiger partial charge is 0.234 e. The van der Waals surface area contributed by atoms with Gasteiger partial charge in [0.15, 0.2) is 0 Å². The van der Waals surface area contributed by atoms with Crippen LogP contribution in [0.25, 0.3) is 0 Å². The number of carbonyl (C=O) groups is 1. The van der Waals surface area contributed by atoms with E-state index in [9.17, 15) is 4.79 Å². The molecule has 0 aliphatic carbocycles. The first-order chi connectivity index (χ1) is 9.01. The summed E-state index contributed by atoms with van der Waals surface area (Å²) in [5, 5.41) is 9.47. The van der Waals surface area contributed by atoms with Crippen molar-refractivity contribution in [2.75, 3.05) is 20.1 Å². The van der Waals surface area contributed by atoms with Crippen LogP contribution in [0.3, 0.4) is 0 Å². The Morgan fingerprint density at radius 2 is 2.05 bits per heavy atom. The predicted octanol–water partition coefficient (Wildman–Crippen LogP) is 1.43. The number of carbonyl (C=O) groups excluding carboxylic acids is 1. The Morgan fingerprint density at radius 1 is 1.42 bits per heavy atom. The molecule has 0 bridgehead atoms. The highest BCUT2D eigenvalue weighted by atomic mass is 16.1. The molecule has 1 rings (SSSR count). The molecule has 1 fully saturated rings. The Balaban J connectivity index is 2.87. The summed E-state index contributed by atoms with van der Waals surface area (Å²) in [5.41, 5.74) is 2.84. The normalized spacial score (nSPS) is 21.1. The van der Waals surface area contributed by atoms with Gasteiger partial charge in [-0.3, -0.25) is 4.79 Å². The highest BCUT2D eigenvalue weighted by molar-refractivity contribution is 5.78. The third-order valence-electron chi connectivity index (χ3n) is 3.56. The maximum Gasteiger partial charge on any atom is 0.234 e. The third kappa shape index (κ3) is 4.96. The van der Waals surface area contributed by atoms with Crippen molar-refractivity contribution in [2.24, 2.45) is 5.92 Å². The van der Waals surface area contributed by atoms with Crippen LogP contribution in [0.4, 0.5) is 0 Å². The quantitative estimate of drug-likeness (QED) is 0.460. The minimum absolute atomic E-state index is 0.0728. The van der Waals surface area contributed by atoms with E-state index < -0.39 is 0 Å². The fourth-order valence-corrected chi connectivity index (χ4v) is 2.57. The second-order valence-electron chi connectivity index (χ2n) is 5.77. The Kier molecular flexibility index (Phi) is 6.52. The number of rotatable bonds is 8. The van der Waals surface area contributed by atoms with Gasteiger partial charge in [0.25, 0.3) is 0 Å².